The lowest BCUT2D eigenvalue weighted by Gasteiger charge is -2.28. The summed E-state index contributed by atoms with van der Waals surface area (Å²) in [6.07, 6.45) is 9.86. The summed E-state index contributed by atoms with van der Waals surface area (Å²) in [6.45, 7) is 0. The summed E-state index contributed by atoms with van der Waals surface area (Å²) in [5.74, 6) is -0.464. The third kappa shape index (κ3) is 3.90. The van der Waals surface area contributed by atoms with Gasteiger partial charge in [0.1, 0.15) is 0 Å². The number of halogens is 2. The fourth-order valence-corrected chi connectivity index (χ4v) is 3.02. The van der Waals surface area contributed by atoms with Crippen LogP contribution in [0.2, 0.25) is 0 Å². The molecule has 0 atom stereocenters. The van der Waals surface area contributed by atoms with E-state index in [1.165, 1.54) is 18.2 Å². The van der Waals surface area contributed by atoms with Gasteiger partial charge in [0.25, 0.3) is 0 Å². The molecule has 2 rings (SSSR count). The van der Waals surface area contributed by atoms with Gasteiger partial charge in [-0.05, 0) is 68.1 Å². The molecule has 0 unspecified atom stereocenters. The highest BCUT2D eigenvalue weighted by molar-refractivity contribution is 5.22. The first-order valence-corrected chi connectivity index (χ1v) is 7.20. The van der Waals surface area contributed by atoms with E-state index in [0.29, 0.717) is 11.8 Å². The molecule has 3 heteroatoms. The minimum atomic E-state index is -0.772. The van der Waals surface area contributed by atoms with Gasteiger partial charge in [-0.25, -0.2) is 8.78 Å². The molecular weight excluding hydrogens is 256 g/mol. The summed E-state index contributed by atoms with van der Waals surface area (Å²) >= 11 is 0. The Hall–Kier alpha value is -1.69. The maximum absolute atomic E-state index is 13.2. The van der Waals surface area contributed by atoms with Gasteiger partial charge in [0.05, 0.1) is 6.07 Å². The predicted molar refractivity (Wildman–Crippen MR) is 75.0 cm³/mol. The van der Waals surface area contributed by atoms with Crippen LogP contribution in [0.5, 0.6) is 0 Å². The Balaban J connectivity index is 1.83. The Bertz CT molecular complexity index is 508. The van der Waals surface area contributed by atoms with Gasteiger partial charge in [0.2, 0.25) is 0 Å². The molecule has 106 valence electrons. The SMILES string of the molecule is N#CC=CCCC1CCC(c2ccc(F)c(F)c2)CC1. The standard InChI is InChI=1S/C17H19F2N/c18-16-10-9-15(12-17(16)19)14-7-5-13(6-8-14)4-2-1-3-11-20/h1,3,9-10,12-14H,2,4-8H2. The topological polar surface area (TPSA) is 23.8 Å². The van der Waals surface area contributed by atoms with Gasteiger partial charge in [0.15, 0.2) is 11.6 Å². The molecule has 0 bridgehead atoms. The van der Waals surface area contributed by atoms with Gasteiger partial charge in [-0.2, -0.15) is 5.26 Å². The zero-order chi connectivity index (χ0) is 14.4. The van der Waals surface area contributed by atoms with Crippen molar-refractivity contribution in [3.63, 3.8) is 0 Å². The van der Waals surface area contributed by atoms with Crippen LogP contribution in [0.1, 0.15) is 50.0 Å². The molecule has 1 aromatic carbocycles. The van der Waals surface area contributed by atoms with Crippen molar-refractivity contribution in [1.29, 1.82) is 5.26 Å². The largest absolute Gasteiger partial charge is 0.204 e. The molecule has 0 heterocycles. The van der Waals surface area contributed by atoms with E-state index in [1.54, 1.807) is 6.07 Å². The van der Waals surface area contributed by atoms with Crippen molar-refractivity contribution < 1.29 is 8.78 Å². The van der Waals surface area contributed by atoms with Gasteiger partial charge in [0, 0.05) is 6.08 Å². The van der Waals surface area contributed by atoms with Gasteiger partial charge in [-0.3, -0.25) is 0 Å². The summed E-state index contributed by atoms with van der Waals surface area (Å²) < 4.78 is 26.2. The summed E-state index contributed by atoms with van der Waals surface area (Å²) in [6, 6.07) is 6.27. The monoisotopic (exact) mass is 275 g/mol. The number of hydrogen-bond donors (Lipinski definition) is 0. The zero-order valence-corrected chi connectivity index (χ0v) is 11.5. The lowest BCUT2D eigenvalue weighted by atomic mass is 9.77. The molecular formula is C17H19F2N. The highest BCUT2D eigenvalue weighted by Crippen LogP contribution is 2.37. The van der Waals surface area contributed by atoms with Crippen LogP contribution in [0.15, 0.2) is 30.4 Å². The van der Waals surface area contributed by atoms with E-state index >= 15 is 0 Å². The molecule has 0 spiro atoms. The van der Waals surface area contributed by atoms with Gasteiger partial charge < -0.3 is 0 Å². The van der Waals surface area contributed by atoms with E-state index in [9.17, 15) is 8.78 Å². The average Bonchev–Trinajstić information content (AvgIpc) is 2.47. The summed E-state index contributed by atoms with van der Waals surface area (Å²) in [5, 5.41) is 8.41. The van der Waals surface area contributed by atoms with Crippen LogP contribution in [0.25, 0.3) is 0 Å². The fraction of sp³-hybridized carbons (Fsp3) is 0.471. The van der Waals surface area contributed by atoms with Crippen molar-refractivity contribution in [3.05, 3.63) is 47.5 Å². The van der Waals surface area contributed by atoms with Crippen molar-refractivity contribution in [2.24, 2.45) is 5.92 Å². The van der Waals surface area contributed by atoms with E-state index in [4.69, 9.17) is 5.26 Å². The minimum absolute atomic E-state index is 0.357. The van der Waals surface area contributed by atoms with Crippen molar-refractivity contribution in [2.75, 3.05) is 0 Å². The van der Waals surface area contributed by atoms with Crippen molar-refractivity contribution in [2.45, 2.75) is 44.4 Å². The molecule has 1 nitrogen and oxygen atoms in total. The van der Waals surface area contributed by atoms with Crippen LogP contribution in [-0.2, 0) is 0 Å². The minimum Gasteiger partial charge on any atom is -0.204 e. The number of nitrogens with zero attached hydrogens (tertiary/aromatic N) is 1. The van der Waals surface area contributed by atoms with Crippen molar-refractivity contribution in [1.82, 2.24) is 0 Å². The van der Waals surface area contributed by atoms with Crippen LogP contribution in [0, 0.1) is 28.9 Å². The lowest BCUT2D eigenvalue weighted by molar-refractivity contribution is 0.311. The molecule has 1 fully saturated rings. The predicted octanol–water partition coefficient (Wildman–Crippen LogP) is 5.10. The Morgan fingerprint density at radius 1 is 1.15 bits per heavy atom. The maximum atomic E-state index is 13.2. The molecule has 0 aromatic heterocycles. The van der Waals surface area contributed by atoms with Gasteiger partial charge in [-0.15, -0.1) is 0 Å². The van der Waals surface area contributed by atoms with Crippen molar-refractivity contribution in [3.8, 4) is 6.07 Å². The molecule has 0 radical (unpaired) electrons. The first-order valence-electron chi connectivity index (χ1n) is 7.20. The summed E-state index contributed by atoms with van der Waals surface area (Å²) in [4.78, 5) is 0. The molecule has 20 heavy (non-hydrogen) atoms. The van der Waals surface area contributed by atoms with Gasteiger partial charge in [-0.1, -0.05) is 12.1 Å². The van der Waals surface area contributed by atoms with Crippen molar-refractivity contribution >= 4 is 0 Å². The quantitative estimate of drug-likeness (QED) is 0.701. The van der Waals surface area contributed by atoms with Gasteiger partial charge >= 0.3 is 0 Å². The first kappa shape index (κ1) is 14.7. The zero-order valence-electron chi connectivity index (χ0n) is 11.5. The molecule has 0 saturated heterocycles. The Morgan fingerprint density at radius 3 is 2.55 bits per heavy atom. The van der Waals surface area contributed by atoms with E-state index in [2.05, 4.69) is 0 Å². The van der Waals surface area contributed by atoms with Crippen LogP contribution < -0.4 is 0 Å². The van der Waals surface area contributed by atoms with Crippen LogP contribution in [0.4, 0.5) is 8.78 Å². The smallest absolute Gasteiger partial charge is 0.159 e. The molecule has 0 N–H and O–H groups in total. The number of benzene rings is 1. The molecule has 1 aliphatic carbocycles. The van der Waals surface area contributed by atoms with E-state index in [0.717, 1.165) is 44.1 Å². The second-order valence-corrected chi connectivity index (χ2v) is 5.50. The lowest BCUT2D eigenvalue weighted by Crippen LogP contribution is -2.13. The molecule has 1 aromatic rings. The fourth-order valence-electron chi connectivity index (χ4n) is 3.02. The highest BCUT2D eigenvalue weighted by atomic mass is 19.2. The van der Waals surface area contributed by atoms with Crippen LogP contribution in [-0.4, -0.2) is 0 Å². The molecule has 1 aliphatic rings. The first-order chi connectivity index (χ1) is 9.70. The Labute approximate surface area is 118 Å². The Morgan fingerprint density at radius 2 is 1.90 bits per heavy atom. The normalized spacial score (nSPS) is 22.9. The average molecular weight is 275 g/mol. The van der Waals surface area contributed by atoms with Crippen LogP contribution >= 0.6 is 0 Å². The number of allylic oxidation sites excluding steroid dienone is 2. The van der Waals surface area contributed by atoms with Crippen LogP contribution in [0.3, 0.4) is 0 Å². The second-order valence-electron chi connectivity index (χ2n) is 5.50. The van der Waals surface area contributed by atoms with E-state index in [1.807, 2.05) is 12.1 Å². The molecule has 1 saturated carbocycles. The molecule has 0 amide bonds. The van der Waals surface area contributed by atoms with E-state index < -0.39 is 11.6 Å². The highest BCUT2D eigenvalue weighted by Gasteiger charge is 2.22. The summed E-state index contributed by atoms with van der Waals surface area (Å²) in [7, 11) is 0. The number of rotatable bonds is 4. The summed E-state index contributed by atoms with van der Waals surface area (Å²) in [5.41, 5.74) is 0.923. The second kappa shape index (κ2) is 7.19. The number of nitriles is 1. The number of hydrogen-bond acceptors (Lipinski definition) is 1. The van der Waals surface area contributed by atoms with E-state index in [-0.39, 0.29) is 0 Å². The maximum Gasteiger partial charge on any atom is 0.159 e. The molecule has 0 aliphatic heterocycles. The Kier molecular flexibility index (Phi) is 5.29. The third-order valence-corrected chi connectivity index (χ3v) is 4.20. The third-order valence-electron chi connectivity index (χ3n) is 4.20.